The summed E-state index contributed by atoms with van der Waals surface area (Å²) in [7, 11) is 0. The average Bonchev–Trinajstić information content (AvgIpc) is 2.28. The van der Waals surface area contributed by atoms with Gasteiger partial charge in [-0.3, -0.25) is 0 Å². The Morgan fingerprint density at radius 2 is 1.82 bits per heavy atom. The van der Waals surface area contributed by atoms with E-state index < -0.39 is 11.7 Å². The van der Waals surface area contributed by atoms with Crippen molar-refractivity contribution in [3.8, 4) is 5.75 Å². The van der Waals surface area contributed by atoms with Gasteiger partial charge in [-0.25, -0.2) is 0 Å². The van der Waals surface area contributed by atoms with Crippen LogP contribution in [0.4, 0.5) is 13.2 Å². The van der Waals surface area contributed by atoms with Crippen LogP contribution < -0.4 is 10.1 Å². The normalized spacial score (nSPS) is 11.5. The Balaban J connectivity index is 2.36. The van der Waals surface area contributed by atoms with Gasteiger partial charge in [-0.05, 0) is 43.8 Å². The Kier molecular flexibility index (Phi) is 5.28. The highest BCUT2D eigenvalue weighted by Crippen LogP contribution is 2.30. The van der Waals surface area contributed by atoms with E-state index in [0.29, 0.717) is 12.4 Å². The fourth-order valence-corrected chi connectivity index (χ4v) is 1.30. The molecule has 1 rings (SSSR count). The Labute approximate surface area is 98.8 Å². The van der Waals surface area contributed by atoms with E-state index in [2.05, 4.69) is 5.32 Å². The third-order valence-electron chi connectivity index (χ3n) is 2.20. The lowest BCUT2D eigenvalue weighted by molar-refractivity contribution is -0.137. The number of ether oxygens (including phenoxy) is 1. The molecule has 0 atom stereocenters. The largest absolute Gasteiger partial charge is 0.494 e. The summed E-state index contributed by atoms with van der Waals surface area (Å²) >= 11 is 0. The molecule has 5 heteroatoms. The molecule has 96 valence electrons. The van der Waals surface area contributed by atoms with Crippen LogP contribution in [0, 0.1) is 0 Å². The van der Waals surface area contributed by atoms with Crippen LogP contribution in [0.25, 0.3) is 0 Å². The Morgan fingerprint density at radius 3 is 2.35 bits per heavy atom. The van der Waals surface area contributed by atoms with Crippen molar-refractivity contribution >= 4 is 0 Å². The molecule has 0 heterocycles. The van der Waals surface area contributed by atoms with Crippen molar-refractivity contribution < 1.29 is 17.9 Å². The monoisotopic (exact) mass is 247 g/mol. The fraction of sp³-hybridized carbons (Fsp3) is 0.500. The molecule has 0 aliphatic rings. The first-order valence-corrected chi connectivity index (χ1v) is 5.55. The van der Waals surface area contributed by atoms with E-state index in [1.165, 1.54) is 12.1 Å². The van der Waals surface area contributed by atoms with Gasteiger partial charge in [-0.1, -0.05) is 6.92 Å². The minimum absolute atomic E-state index is 0.467. The molecule has 0 amide bonds. The second-order valence-electron chi connectivity index (χ2n) is 3.58. The highest BCUT2D eigenvalue weighted by atomic mass is 19.4. The zero-order valence-corrected chi connectivity index (χ0v) is 9.68. The SMILES string of the molecule is CCNCCCOc1ccc(C(F)(F)F)cc1. The quantitative estimate of drug-likeness (QED) is 0.780. The third-order valence-corrected chi connectivity index (χ3v) is 2.20. The molecule has 2 nitrogen and oxygen atoms in total. The van der Waals surface area contributed by atoms with Gasteiger partial charge in [0.2, 0.25) is 0 Å². The molecule has 0 spiro atoms. The summed E-state index contributed by atoms with van der Waals surface area (Å²) in [5, 5.41) is 3.13. The van der Waals surface area contributed by atoms with Gasteiger partial charge in [0.05, 0.1) is 12.2 Å². The molecule has 17 heavy (non-hydrogen) atoms. The molecule has 0 aliphatic heterocycles. The lowest BCUT2D eigenvalue weighted by atomic mass is 10.2. The van der Waals surface area contributed by atoms with Crippen LogP contribution in [-0.2, 0) is 6.18 Å². The van der Waals surface area contributed by atoms with Gasteiger partial charge in [0.1, 0.15) is 5.75 Å². The zero-order valence-electron chi connectivity index (χ0n) is 9.68. The van der Waals surface area contributed by atoms with E-state index in [-0.39, 0.29) is 0 Å². The number of halogens is 3. The molecule has 0 unspecified atom stereocenters. The molecule has 0 radical (unpaired) electrons. The van der Waals surface area contributed by atoms with Crippen LogP contribution in [0.1, 0.15) is 18.9 Å². The second-order valence-corrected chi connectivity index (χ2v) is 3.58. The number of nitrogens with one attached hydrogen (secondary N) is 1. The molecule has 1 aromatic carbocycles. The smallest absolute Gasteiger partial charge is 0.416 e. The molecule has 0 aliphatic carbocycles. The number of benzene rings is 1. The molecule has 0 saturated carbocycles. The third kappa shape index (κ3) is 5.08. The minimum atomic E-state index is -4.29. The number of hydrogen-bond donors (Lipinski definition) is 1. The van der Waals surface area contributed by atoms with Crippen LogP contribution >= 0.6 is 0 Å². The van der Waals surface area contributed by atoms with E-state index in [9.17, 15) is 13.2 Å². The molecule has 0 saturated heterocycles. The Morgan fingerprint density at radius 1 is 1.18 bits per heavy atom. The summed E-state index contributed by atoms with van der Waals surface area (Å²) in [5.74, 6) is 0.467. The van der Waals surface area contributed by atoms with Crippen molar-refractivity contribution in [1.82, 2.24) is 5.32 Å². The molecule has 1 N–H and O–H groups in total. The maximum absolute atomic E-state index is 12.3. The van der Waals surface area contributed by atoms with Gasteiger partial charge < -0.3 is 10.1 Å². The maximum atomic E-state index is 12.3. The van der Waals surface area contributed by atoms with E-state index >= 15 is 0 Å². The van der Waals surface area contributed by atoms with E-state index in [0.717, 1.165) is 31.6 Å². The van der Waals surface area contributed by atoms with Crippen LogP contribution in [0.15, 0.2) is 24.3 Å². The average molecular weight is 247 g/mol. The van der Waals surface area contributed by atoms with Gasteiger partial charge in [0.15, 0.2) is 0 Å². The molecular formula is C12H16F3NO. The van der Waals surface area contributed by atoms with Crippen molar-refractivity contribution in [3.63, 3.8) is 0 Å². The fourth-order valence-electron chi connectivity index (χ4n) is 1.30. The first-order valence-electron chi connectivity index (χ1n) is 5.55. The lowest BCUT2D eigenvalue weighted by Gasteiger charge is -2.09. The van der Waals surface area contributed by atoms with Gasteiger partial charge in [-0.15, -0.1) is 0 Å². The molecule has 0 fully saturated rings. The number of hydrogen-bond acceptors (Lipinski definition) is 2. The van der Waals surface area contributed by atoms with Crippen LogP contribution in [0.2, 0.25) is 0 Å². The topological polar surface area (TPSA) is 21.3 Å². The molecule has 0 bridgehead atoms. The first kappa shape index (κ1) is 13.8. The van der Waals surface area contributed by atoms with Crippen LogP contribution in [-0.4, -0.2) is 19.7 Å². The van der Waals surface area contributed by atoms with Crippen molar-refractivity contribution in [1.29, 1.82) is 0 Å². The van der Waals surface area contributed by atoms with Crippen molar-refractivity contribution in [2.24, 2.45) is 0 Å². The van der Waals surface area contributed by atoms with Crippen molar-refractivity contribution in [2.45, 2.75) is 19.5 Å². The van der Waals surface area contributed by atoms with Crippen molar-refractivity contribution in [3.05, 3.63) is 29.8 Å². The standard InChI is InChI=1S/C12H16F3NO/c1-2-16-8-3-9-17-11-6-4-10(5-7-11)12(13,14)15/h4-7,16H,2-3,8-9H2,1H3. The maximum Gasteiger partial charge on any atom is 0.416 e. The van der Waals surface area contributed by atoms with Crippen LogP contribution in [0.3, 0.4) is 0 Å². The van der Waals surface area contributed by atoms with E-state index in [1.807, 2.05) is 6.92 Å². The zero-order chi connectivity index (χ0) is 12.7. The first-order chi connectivity index (χ1) is 8.04. The number of alkyl halides is 3. The Hall–Kier alpha value is -1.23. The number of rotatable bonds is 6. The molecule has 1 aromatic rings. The highest BCUT2D eigenvalue weighted by molar-refractivity contribution is 5.28. The van der Waals surface area contributed by atoms with E-state index in [4.69, 9.17) is 4.74 Å². The highest BCUT2D eigenvalue weighted by Gasteiger charge is 2.29. The van der Waals surface area contributed by atoms with E-state index in [1.54, 1.807) is 0 Å². The van der Waals surface area contributed by atoms with Gasteiger partial charge in [-0.2, -0.15) is 13.2 Å². The molecule has 0 aromatic heterocycles. The van der Waals surface area contributed by atoms with Crippen LogP contribution in [0.5, 0.6) is 5.75 Å². The summed E-state index contributed by atoms with van der Waals surface area (Å²) in [4.78, 5) is 0. The summed E-state index contributed by atoms with van der Waals surface area (Å²) in [6.45, 7) is 4.26. The summed E-state index contributed by atoms with van der Waals surface area (Å²) < 4.78 is 42.1. The predicted molar refractivity (Wildman–Crippen MR) is 60.1 cm³/mol. The van der Waals surface area contributed by atoms with Gasteiger partial charge in [0, 0.05) is 0 Å². The second kappa shape index (κ2) is 6.49. The Bertz CT molecular complexity index is 322. The van der Waals surface area contributed by atoms with Crippen molar-refractivity contribution in [2.75, 3.05) is 19.7 Å². The van der Waals surface area contributed by atoms with Gasteiger partial charge >= 0.3 is 6.18 Å². The van der Waals surface area contributed by atoms with Gasteiger partial charge in [0.25, 0.3) is 0 Å². The minimum Gasteiger partial charge on any atom is -0.494 e. The predicted octanol–water partition coefficient (Wildman–Crippen LogP) is 3.08. The summed E-state index contributed by atoms with van der Waals surface area (Å²) in [5.41, 5.74) is -0.655. The lowest BCUT2D eigenvalue weighted by Crippen LogP contribution is -2.16. The summed E-state index contributed by atoms with van der Waals surface area (Å²) in [6, 6.07) is 4.74. The molecular weight excluding hydrogens is 231 g/mol. The summed E-state index contributed by atoms with van der Waals surface area (Å²) in [6.07, 6.45) is -3.46.